The van der Waals surface area contributed by atoms with Gasteiger partial charge in [0.2, 0.25) is 6.17 Å². The second-order valence-electron chi connectivity index (χ2n) is 3.67. The topological polar surface area (TPSA) is 82.9 Å². The maximum absolute atomic E-state index is 11.8. The SMILES string of the molecule is COC(=O)N1c2ccccc2N(C(=O)OC)C1C#N. The molecule has 0 atom stereocenters. The van der Waals surface area contributed by atoms with Gasteiger partial charge in [-0.05, 0) is 12.1 Å². The van der Waals surface area contributed by atoms with Crippen molar-refractivity contribution in [1.29, 1.82) is 5.26 Å². The molecule has 0 spiro atoms. The normalized spacial score (nSPS) is 13.7. The Bertz CT molecular complexity index is 523. The molecule has 1 aromatic rings. The molecule has 0 saturated carbocycles. The molecule has 0 radical (unpaired) electrons. The van der Waals surface area contributed by atoms with Crippen molar-refractivity contribution in [3.63, 3.8) is 0 Å². The van der Waals surface area contributed by atoms with Gasteiger partial charge in [-0.2, -0.15) is 5.26 Å². The van der Waals surface area contributed by atoms with E-state index in [-0.39, 0.29) is 0 Å². The molecule has 1 aliphatic rings. The predicted octanol–water partition coefficient (Wildman–Crippen LogP) is 1.70. The number of methoxy groups -OCH3 is 2. The molecule has 2 amide bonds. The number of fused-ring (bicyclic) bond motifs is 1. The van der Waals surface area contributed by atoms with Crippen molar-refractivity contribution in [2.24, 2.45) is 0 Å². The van der Waals surface area contributed by atoms with Crippen molar-refractivity contribution >= 4 is 23.6 Å². The lowest BCUT2D eigenvalue weighted by molar-refractivity contribution is 0.172. The van der Waals surface area contributed by atoms with E-state index in [4.69, 9.17) is 0 Å². The predicted molar refractivity (Wildman–Crippen MR) is 65.6 cm³/mol. The second kappa shape index (κ2) is 4.86. The van der Waals surface area contributed by atoms with E-state index >= 15 is 0 Å². The highest BCUT2D eigenvalue weighted by molar-refractivity contribution is 6.05. The number of anilines is 2. The van der Waals surface area contributed by atoms with Gasteiger partial charge in [0.05, 0.1) is 25.6 Å². The number of hydrogen-bond acceptors (Lipinski definition) is 5. The Morgan fingerprint density at radius 2 is 1.53 bits per heavy atom. The van der Waals surface area contributed by atoms with Gasteiger partial charge in [0.15, 0.2) is 0 Å². The summed E-state index contributed by atoms with van der Waals surface area (Å²) in [5, 5.41) is 9.22. The zero-order valence-corrected chi connectivity index (χ0v) is 10.4. The number of hydrogen-bond donors (Lipinski definition) is 0. The number of amides is 2. The standard InChI is InChI=1S/C12H11N3O4/c1-18-11(16)14-8-5-3-4-6-9(8)15(10(14)7-13)12(17)19-2/h3-6,10H,1-2H3. The van der Waals surface area contributed by atoms with E-state index in [1.807, 2.05) is 6.07 Å². The number of para-hydroxylation sites is 2. The van der Waals surface area contributed by atoms with E-state index < -0.39 is 18.4 Å². The molecule has 7 heteroatoms. The first-order valence-electron chi connectivity index (χ1n) is 5.38. The summed E-state index contributed by atoms with van der Waals surface area (Å²) in [6, 6.07) is 8.54. The summed E-state index contributed by atoms with van der Waals surface area (Å²) in [4.78, 5) is 25.8. The molecule has 98 valence electrons. The fourth-order valence-electron chi connectivity index (χ4n) is 1.96. The van der Waals surface area contributed by atoms with Crippen LogP contribution in [0.15, 0.2) is 24.3 Å². The Balaban J connectivity index is 2.57. The van der Waals surface area contributed by atoms with Gasteiger partial charge in [-0.1, -0.05) is 12.1 Å². The van der Waals surface area contributed by atoms with Crippen molar-refractivity contribution in [3.8, 4) is 6.07 Å². The average molecular weight is 261 g/mol. The second-order valence-corrected chi connectivity index (χ2v) is 3.67. The number of carbonyl (C=O) groups excluding carboxylic acids is 2. The van der Waals surface area contributed by atoms with Gasteiger partial charge in [0, 0.05) is 0 Å². The minimum Gasteiger partial charge on any atom is -0.452 e. The van der Waals surface area contributed by atoms with Crippen LogP contribution in [0.5, 0.6) is 0 Å². The van der Waals surface area contributed by atoms with Gasteiger partial charge < -0.3 is 9.47 Å². The Labute approximate surface area is 109 Å². The van der Waals surface area contributed by atoms with Gasteiger partial charge in [-0.25, -0.2) is 19.4 Å². The first-order valence-corrected chi connectivity index (χ1v) is 5.38. The molecule has 0 saturated heterocycles. The fraction of sp³-hybridized carbons (Fsp3) is 0.250. The Hall–Kier alpha value is -2.75. The Morgan fingerprint density at radius 3 is 1.84 bits per heavy atom. The highest BCUT2D eigenvalue weighted by Crippen LogP contribution is 2.39. The summed E-state index contributed by atoms with van der Waals surface area (Å²) in [6.45, 7) is 0. The first kappa shape index (κ1) is 12.7. The summed E-state index contributed by atoms with van der Waals surface area (Å²) < 4.78 is 9.28. The quantitative estimate of drug-likeness (QED) is 0.709. The Kier molecular flexibility index (Phi) is 3.25. The molecule has 19 heavy (non-hydrogen) atoms. The van der Waals surface area contributed by atoms with Crippen LogP contribution in [0.1, 0.15) is 0 Å². The smallest absolute Gasteiger partial charge is 0.416 e. The molecule has 0 aliphatic carbocycles. The lowest BCUT2D eigenvalue weighted by atomic mass is 10.2. The molecular weight excluding hydrogens is 250 g/mol. The molecule has 2 rings (SSSR count). The molecule has 0 aromatic heterocycles. The van der Waals surface area contributed by atoms with Crippen LogP contribution in [0, 0.1) is 11.3 Å². The largest absolute Gasteiger partial charge is 0.452 e. The minimum atomic E-state index is -1.13. The van der Waals surface area contributed by atoms with Gasteiger partial charge >= 0.3 is 12.2 Å². The number of rotatable bonds is 0. The van der Waals surface area contributed by atoms with E-state index in [0.29, 0.717) is 11.4 Å². The van der Waals surface area contributed by atoms with Gasteiger partial charge in [0.1, 0.15) is 6.07 Å². The van der Waals surface area contributed by atoms with E-state index in [1.165, 1.54) is 14.2 Å². The maximum Gasteiger partial charge on any atom is 0.416 e. The Morgan fingerprint density at radius 1 is 1.11 bits per heavy atom. The summed E-state index contributed by atoms with van der Waals surface area (Å²) >= 11 is 0. The third-order valence-electron chi connectivity index (χ3n) is 2.75. The van der Waals surface area contributed by atoms with Gasteiger partial charge in [-0.3, -0.25) is 0 Å². The summed E-state index contributed by atoms with van der Waals surface area (Å²) in [6.07, 6.45) is -2.56. The summed E-state index contributed by atoms with van der Waals surface area (Å²) in [7, 11) is 2.42. The minimum absolute atomic E-state index is 0.423. The number of carbonyl (C=O) groups is 2. The maximum atomic E-state index is 11.8. The van der Waals surface area contributed by atoms with Crippen molar-refractivity contribution in [2.45, 2.75) is 6.17 Å². The van der Waals surface area contributed by atoms with Crippen LogP contribution < -0.4 is 9.80 Å². The van der Waals surface area contributed by atoms with Gasteiger partial charge in [-0.15, -0.1) is 0 Å². The summed E-state index contributed by atoms with van der Waals surface area (Å²) in [5.41, 5.74) is 0.845. The van der Waals surface area contributed by atoms with E-state index in [0.717, 1.165) is 9.80 Å². The van der Waals surface area contributed by atoms with Crippen LogP contribution >= 0.6 is 0 Å². The lowest BCUT2D eigenvalue weighted by Crippen LogP contribution is -2.47. The molecule has 0 N–H and O–H groups in total. The molecule has 0 unspecified atom stereocenters. The molecule has 0 fully saturated rings. The van der Waals surface area contributed by atoms with Crippen molar-refractivity contribution in [3.05, 3.63) is 24.3 Å². The van der Waals surface area contributed by atoms with E-state index in [1.54, 1.807) is 24.3 Å². The zero-order valence-electron chi connectivity index (χ0n) is 10.4. The third kappa shape index (κ3) is 1.83. The molecule has 1 aliphatic heterocycles. The molecular formula is C12H11N3O4. The first-order chi connectivity index (χ1) is 9.15. The van der Waals surface area contributed by atoms with Crippen molar-refractivity contribution in [1.82, 2.24) is 0 Å². The average Bonchev–Trinajstić information content (AvgIpc) is 2.79. The number of nitriles is 1. The monoisotopic (exact) mass is 261 g/mol. The van der Waals surface area contributed by atoms with Crippen LogP contribution in [0.4, 0.5) is 21.0 Å². The zero-order chi connectivity index (χ0) is 14.0. The summed E-state index contributed by atoms with van der Waals surface area (Å²) in [5.74, 6) is 0. The molecule has 0 bridgehead atoms. The fourth-order valence-corrected chi connectivity index (χ4v) is 1.96. The van der Waals surface area contributed by atoms with E-state index in [2.05, 4.69) is 9.47 Å². The van der Waals surface area contributed by atoms with Gasteiger partial charge in [0.25, 0.3) is 0 Å². The van der Waals surface area contributed by atoms with Crippen molar-refractivity contribution < 1.29 is 19.1 Å². The number of benzene rings is 1. The highest BCUT2D eigenvalue weighted by atomic mass is 16.6. The molecule has 1 aromatic carbocycles. The third-order valence-corrected chi connectivity index (χ3v) is 2.75. The molecule has 1 heterocycles. The lowest BCUT2D eigenvalue weighted by Gasteiger charge is -2.22. The van der Waals surface area contributed by atoms with Crippen LogP contribution in [-0.2, 0) is 9.47 Å². The van der Waals surface area contributed by atoms with Crippen LogP contribution in [0.3, 0.4) is 0 Å². The van der Waals surface area contributed by atoms with E-state index in [9.17, 15) is 14.9 Å². The molecule has 7 nitrogen and oxygen atoms in total. The number of nitrogens with zero attached hydrogens (tertiary/aromatic N) is 3. The van der Waals surface area contributed by atoms with Crippen molar-refractivity contribution in [2.75, 3.05) is 24.0 Å². The van der Waals surface area contributed by atoms with Crippen LogP contribution in [0.25, 0.3) is 0 Å². The van der Waals surface area contributed by atoms with Crippen LogP contribution in [-0.4, -0.2) is 32.6 Å². The van der Waals surface area contributed by atoms with Crippen LogP contribution in [0.2, 0.25) is 0 Å². The number of ether oxygens (including phenoxy) is 2. The highest BCUT2D eigenvalue weighted by Gasteiger charge is 2.44.